The van der Waals surface area contributed by atoms with Gasteiger partial charge in [0.2, 0.25) is 0 Å². The summed E-state index contributed by atoms with van der Waals surface area (Å²) in [6, 6.07) is 0. The quantitative estimate of drug-likeness (QED) is 0.443. The Morgan fingerprint density at radius 1 is 1.27 bits per heavy atom. The van der Waals surface area contributed by atoms with E-state index in [1.54, 1.807) is 0 Å². The van der Waals surface area contributed by atoms with E-state index in [-0.39, 0.29) is 5.12 Å². The van der Waals surface area contributed by atoms with Crippen molar-refractivity contribution in [1.29, 1.82) is 0 Å². The van der Waals surface area contributed by atoms with E-state index in [2.05, 4.69) is 0 Å². The fourth-order valence-corrected chi connectivity index (χ4v) is 2.15. The van der Waals surface area contributed by atoms with Crippen molar-refractivity contribution < 1.29 is 30.0 Å². The summed E-state index contributed by atoms with van der Waals surface area (Å²) in [4.78, 5) is 10.8. The van der Waals surface area contributed by atoms with Crippen LogP contribution in [-0.2, 0) is 9.53 Å². The van der Waals surface area contributed by atoms with Gasteiger partial charge < -0.3 is 25.2 Å². The largest absolute Gasteiger partial charge is 0.394 e. The maximum Gasteiger partial charge on any atom is 0.188 e. The Bertz CT molecular complexity index is 233. The molecule has 1 saturated heterocycles. The van der Waals surface area contributed by atoms with Crippen LogP contribution >= 0.6 is 11.8 Å². The molecule has 1 aliphatic heterocycles. The smallest absolute Gasteiger partial charge is 0.188 e. The number of aliphatic hydroxyl groups is 4. The maximum atomic E-state index is 10.8. The predicted molar refractivity (Wildman–Crippen MR) is 52.0 cm³/mol. The Balaban J connectivity index is 2.69. The van der Waals surface area contributed by atoms with Crippen LogP contribution in [0, 0.1) is 0 Å². The number of thioether (sulfide) groups is 1. The summed E-state index contributed by atoms with van der Waals surface area (Å²) in [6.07, 6.45) is -5.11. The molecule has 5 atom stereocenters. The van der Waals surface area contributed by atoms with Gasteiger partial charge in [-0.05, 0) is 0 Å². The summed E-state index contributed by atoms with van der Waals surface area (Å²) in [5.41, 5.74) is -0.960. The maximum absolute atomic E-state index is 10.8. The zero-order valence-corrected chi connectivity index (χ0v) is 8.92. The Morgan fingerprint density at radius 3 is 2.33 bits per heavy atom. The van der Waals surface area contributed by atoms with Crippen LogP contribution in [0.15, 0.2) is 0 Å². The van der Waals surface area contributed by atoms with E-state index >= 15 is 0 Å². The molecule has 0 bridgehead atoms. The number of aliphatic hydroxyl groups excluding tert-OH is 4. The first kappa shape index (κ1) is 12.9. The first-order valence-corrected chi connectivity index (χ1v) is 5.33. The van der Waals surface area contributed by atoms with E-state index in [9.17, 15) is 20.1 Å². The molecule has 88 valence electrons. The Kier molecular flexibility index (Phi) is 4.50. The van der Waals surface area contributed by atoms with Crippen LogP contribution in [0.1, 0.15) is 6.92 Å². The minimum Gasteiger partial charge on any atom is -0.394 e. The number of hydrogen-bond donors (Lipinski definition) is 4. The van der Waals surface area contributed by atoms with Gasteiger partial charge >= 0.3 is 0 Å². The van der Waals surface area contributed by atoms with Crippen molar-refractivity contribution in [2.75, 3.05) is 6.61 Å². The molecule has 0 aromatic carbocycles. The molecule has 0 aromatic rings. The molecule has 7 heteroatoms. The monoisotopic (exact) mass is 238 g/mol. The van der Waals surface area contributed by atoms with Crippen molar-refractivity contribution in [2.45, 2.75) is 36.8 Å². The molecule has 0 saturated carbocycles. The van der Waals surface area contributed by atoms with Crippen molar-refractivity contribution in [3.63, 3.8) is 0 Å². The SMILES string of the molecule is CC(=O)S[C@@H]1O[C@H](CO)[C@@H](O)[C@H](O)[C@H]1O. The van der Waals surface area contributed by atoms with Gasteiger partial charge in [-0.15, -0.1) is 0 Å². The third-order valence-electron chi connectivity index (χ3n) is 2.13. The highest BCUT2D eigenvalue weighted by Crippen LogP contribution is 2.28. The second-order valence-corrected chi connectivity index (χ2v) is 4.58. The van der Waals surface area contributed by atoms with E-state index in [1.165, 1.54) is 6.92 Å². The summed E-state index contributed by atoms with van der Waals surface area (Å²) >= 11 is 0.715. The fraction of sp³-hybridized carbons (Fsp3) is 0.875. The molecule has 0 aromatic heterocycles. The number of hydrogen-bond acceptors (Lipinski definition) is 7. The number of ether oxygens (including phenoxy) is 1. The van der Waals surface area contributed by atoms with E-state index < -0.39 is 36.5 Å². The molecule has 0 amide bonds. The highest BCUT2D eigenvalue weighted by molar-refractivity contribution is 8.14. The highest BCUT2D eigenvalue weighted by atomic mass is 32.2. The summed E-state index contributed by atoms with van der Waals surface area (Å²) < 4.78 is 5.07. The van der Waals surface area contributed by atoms with Gasteiger partial charge in [-0.1, -0.05) is 11.8 Å². The average Bonchev–Trinajstić information content (AvgIpc) is 2.18. The molecule has 6 nitrogen and oxygen atoms in total. The minimum atomic E-state index is -1.42. The zero-order valence-electron chi connectivity index (χ0n) is 8.11. The van der Waals surface area contributed by atoms with Crippen LogP contribution in [0.2, 0.25) is 0 Å². The summed E-state index contributed by atoms with van der Waals surface area (Å²) in [5, 5.41) is 36.8. The van der Waals surface area contributed by atoms with Crippen LogP contribution in [0.5, 0.6) is 0 Å². The van der Waals surface area contributed by atoms with E-state index in [0.29, 0.717) is 11.8 Å². The Hall–Kier alpha value is -0.180. The van der Waals surface area contributed by atoms with E-state index in [0.717, 1.165) is 0 Å². The van der Waals surface area contributed by atoms with Crippen molar-refractivity contribution in [3.05, 3.63) is 0 Å². The molecule has 0 radical (unpaired) electrons. The zero-order chi connectivity index (χ0) is 11.6. The first-order valence-electron chi connectivity index (χ1n) is 4.45. The normalized spacial score (nSPS) is 41.5. The third kappa shape index (κ3) is 2.90. The van der Waals surface area contributed by atoms with Gasteiger partial charge in [0.25, 0.3) is 0 Å². The standard InChI is InChI=1S/C8H14O6S/c1-3(10)15-8-7(13)6(12)5(11)4(2-9)14-8/h4-9,11-13H,2H2,1H3/t4-,5-,6+,7-,8+/m1/s1. The molecule has 15 heavy (non-hydrogen) atoms. The molecular formula is C8H14O6S. The van der Waals surface area contributed by atoms with Gasteiger partial charge in [0, 0.05) is 6.92 Å². The van der Waals surface area contributed by atoms with Crippen LogP contribution in [-0.4, -0.2) is 62.0 Å². The van der Waals surface area contributed by atoms with Crippen LogP contribution in [0.25, 0.3) is 0 Å². The second-order valence-electron chi connectivity index (χ2n) is 3.31. The van der Waals surface area contributed by atoms with Crippen LogP contribution < -0.4 is 0 Å². The molecule has 1 fully saturated rings. The summed E-state index contributed by atoms with van der Waals surface area (Å²) in [6.45, 7) is 0.812. The molecule has 4 N–H and O–H groups in total. The molecule has 0 unspecified atom stereocenters. The van der Waals surface area contributed by atoms with Gasteiger partial charge in [0.1, 0.15) is 29.9 Å². The summed E-state index contributed by atoms with van der Waals surface area (Å²) in [7, 11) is 0. The van der Waals surface area contributed by atoms with Crippen LogP contribution in [0.3, 0.4) is 0 Å². The lowest BCUT2D eigenvalue weighted by Gasteiger charge is -2.39. The van der Waals surface area contributed by atoms with Crippen LogP contribution in [0.4, 0.5) is 0 Å². The van der Waals surface area contributed by atoms with Crippen molar-refractivity contribution >= 4 is 16.9 Å². The number of carbonyl (C=O) groups excluding carboxylic acids is 1. The average molecular weight is 238 g/mol. The third-order valence-corrected chi connectivity index (χ3v) is 3.08. The van der Waals surface area contributed by atoms with Gasteiger partial charge in [-0.2, -0.15) is 0 Å². The fourth-order valence-electron chi connectivity index (χ4n) is 1.33. The van der Waals surface area contributed by atoms with Gasteiger partial charge in [-0.25, -0.2) is 0 Å². The Morgan fingerprint density at radius 2 is 1.87 bits per heavy atom. The van der Waals surface area contributed by atoms with Gasteiger partial charge in [0.15, 0.2) is 5.12 Å². The second kappa shape index (κ2) is 5.24. The molecule has 1 aliphatic rings. The predicted octanol–water partition coefficient (Wildman–Crippen LogP) is -1.93. The summed E-state index contributed by atoms with van der Waals surface area (Å²) in [5.74, 6) is 0. The highest BCUT2D eigenvalue weighted by Gasteiger charge is 2.44. The van der Waals surface area contributed by atoms with E-state index in [4.69, 9.17) is 9.84 Å². The number of rotatable bonds is 2. The number of carbonyl (C=O) groups is 1. The van der Waals surface area contributed by atoms with Crippen molar-refractivity contribution in [1.82, 2.24) is 0 Å². The van der Waals surface area contributed by atoms with Gasteiger partial charge in [0.05, 0.1) is 6.61 Å². The minimum absolute atomic E-state index is 0.278. The molecular weight excluding hydrogens is 224 g/mol. The lowest BCUT2D eigenvalue weighted by molar-refractivity contribution is -0.205. The van der Waals surface area contributed by atoms with Gasteiger partial charge in [-0.3, -0.25) is 4.79 Å². The molecule has 0 aliphatic carbocycles. The van der Waals surface area contributed by atoms with Crippen molar-refractivity contribution in [3.8, 4) is 0 Å². The molecule has 1 rings (SSSR count). The lowest BCUT2D eigenvalue weighted by atomic mass is 10.0. The topological polar surface area (TPSA) is 107 Å². The Labute approximate surface area is 90.9 Å². The lowest BCUT2D eigenvalue weighted by Crippen LogP contribution is -2.57. The molecule has 0 spiro atoms. The molecule has 1 heterocycles. The first-order chi connectivity index (χ1) is 6.97. The van der Waals surface area contributed by atoms with E-state index in [1.807, 2.05) is 0 Å². The van der Waals surface area contributed by atoms with Crippen molar-refractivity contribution in [2.24, 2.45) is 0 Å².